The maximum absolute atomic E-state index is 9.73. The molecule has 2 unspecified atom stereocenters. The van der Waals surface area contributed by atoms with E-state index >= 15 is 0 Å². The number of anilines is 1. The molecule has 1 fully saturated rings. The third-order valence-electron chi connectivity index (χ3n) is 2.92. The molecule has 2 heterocycles. The van der Waals surface area contributed by atoms with E-state index in [2.05, 4.69) is 9.88 Å². The number of oxazole rings is 1. The van der Waals surface area contributed by atoms with Gasteiger partial charge in [-0.05, 0) is 20.5 Å². The van der Waals surface area contributed by atoms with Gasteiger partial charge in [0.25, 0.3) is 6.01 Å². The highest BCUT2D eigenvalue weighted by Crippen LogP contribution is 2.25. The summed E-state index contributed by atoms with van der Waals surface area (Å²) in [5.41, 5.74) is 0.519. The van der Waals surface area contributed by atoms with E-state index in [1.807, 2.05) is 19.0 Å². The van der Waals surface area contributed by atoms with Gasteiger partial charge in [-0.15, -0.1) is 0 Å². The molecular formula is C11H19N3O3. The summed E-state index contributed by atoms with van der Waals surface area (Å²) < 4.78 is 5.32. The van der Waals surface area contributed by atoms with Crippen LogP contribution in [0.15, 0.2) is 10.7 Å². The monoisotopic (exact) mass is 241 g/mol. The standard InChI is InChI=1S/C11H19N3O3/c1-13(2)4-9-3-10(16)5-14(9)11-12-8(6-15)7-17-11/h7,9-10,15-16H,3-6H2,1-2H3. The summed E-state index contributed by atoms with van der Waals surface area (Å²) in [7, 11) is 4.00. The summed E-state index contributed by atoms with van der Waals surface area (Å²) in [6, 6.07) is 0.683. The second-order valence-corrected chi connectivity index (χ2v) is 4.74. The van der Waals surface area contributed by atoms with Gasteiger partial charge in [-0.3, -0.25) is 0 Å². The Balaban J connectivity index is 2.11. The van der Waals surface area contributed by atoms with Gasteiger partial charge in [0.1, 0.15) is 12.0 Å². The zero-order valence-electron chi connectivity index (χ0n) is 10.2. The van der Waals surface area contributed by atoms with Crippen LogP contribution in [0.25, 0.3) is 0 Å². The molecule has 2 atom stereocenters. The smallest absolute Gasteiger partial charge is 0.297 e. The van der Waals surface area contributed by atoms with Gasteiger partial charge in [-0.1, -0.05) is 0 Å². The van der Waals surface area contributed by atoms with Crippen LogP contribution >= 0.6 is 0 Å². The molecule has 0 amide bonds. The lowest BCUT2D eigenvalue weighted by Gasteiger charge is -2.25. The minimum atomic E-state index is -0.343. The fraction of sp³-hybridized carbons (Fsp3) is 0.727. The molecule has 1 aliphatic heterocycles. The summed E-state index contributed by atoms with van der Waals surface area (Å²) in [6.07, 6.45) is 1.83. The van der Waals surface area contributed by atoms with Crippen molar-refractivity contribution < 1.29 is 14.6 Å². The van der Waals surface area contributed by atoms with Crippen LogP contribution in [0.1, 0.15) is 12.1 Å². The van der Waals surface area contributed by atoms with Crippen LogP contribution in [0.2, 0.25) is 0 Å². The number of rotatable bonds is 4. The van der Waals surface area contributed by atoms with E-state index in [1.165, 1.54) is 6.26 Å². The van der Waals surface area contributed by atoms with Crippen molar-refractivity contribution in [2.45, 2.75) is 25.2 Å². The molecule has 0 bridgehead atoms. The summed E-state index contributed by atoms with van der Waals surface area (Å²) in [5, 5.41) is 18.7. The predicted molar refractivity (Wildman–Crippen MR) is 62.7 cm³/mol. The maximum Gasteiger partial charge on any atom is 0.297 e. The van der Waals surface area contributed by atoms with Crippen LogP contribution in [0.3, 0.4) is 0 Å². The topological polar surface area (TPSA) is 73.0 Å². The average molecular weight is 241 g/mol. The van der Waals surface area contributed by atoms with Crippen molar-refractivity contribution in [3.05, 3.63) is 12.0 Å². The summed E-state index contributed by atoms with van der Waals surface area (Å²) >= 11 is 0. The van der Waals surface area contributed by atoms with Crippen molar-refractivity contribution in [1.82, 2.24) is 9.88 Å². The number of likely N-dealkylation sites (N-methyl/N-ethyl adjacent to an activating group) is 1. The van der Waals surface area contributed by atoms with Crippen LogP contribution in [-0.2, 0) is 6.61 Å². The zero-order chi connectivity index (χ0) is 12.4. The van der Waals surface area contributed by atoms with E-state index in [0.29, 0.717) is 18.3 Å². The third-order valence-corrected chi connectivity index (χ3v) is 2.92. The molecule has 0 spiro atoms. The van der Waals surface area contributed by atoms with Crippen LogP contribution in [0, 0.1) is 0 Å². The van der Waals surface area contributed by atoms with E-state index in [1.54, 1.807) is 0 Å². The van der Waals surface area contributed by atoms with Gasteiger partial charge < -0.3 is 24.4 Å². The Kier molecular flexibility index (Phi) is 3.66. The highest BCUT2D eigenvalue weighted by molar-refractivity contribution is 5.32. The van der Waals surface area contributed by atoms with Crippen LogP contribution in [0.4, 0.5) is 6.01 Å². The molecule has 2 N–H and O–H groups in total. The van der Waals surface area contributed by atoms with Crippen molar-refractivity contribution in [1.29, 1.82) is 0 Å². The molecular weight excluding hydrogens is 222 g/mol. The molecule has 0 aromatic carbocycles. The highest BCUT2D eigenvalue weighted by Gasteiger charge is 2.33. The number of aliphatic hydroxyl groups is 2. The lowest BCUT2D eigenvalue weighted by atomic mass is 10.2. The second kappa shape index (κ2) is 5.03. The fourth-order valence-corrected chi connectivity index (χ4v) is 2.22. The first-order chi connectivity index (χ1) is 8.10. The van der Waals surface area contributed by atoms with Gasteiger partial charge >= 0.3 is 0 Å². The molecule has 17 heavy (non-hydrogen) atoms. The molecule has 2 rings (SSSR count). The molecule has 0 saturated carbocycles. The second-order valence-electron chi connectivity index (χ2n) is 4.74. The Bertz CT molecular complexity index is 367. The number of hydrogen-bond acceptors (Lipinski definition) is 6. The number of β-amino-alcohol motifs (C(OH)–C–C–N with tert-alkyl or cyclic N) is 1. The Morgan fingerprint density at radius 1 is 1.59 bits per heavy atom. The Morgan fingerprint density at radius 3 is 2.94 bits per heavy atom. The molecule has 1 saturated heterocycles. The van der Waals surface area contributed by atoms with Gasteiger partial charge in [0.2, 0.25) is 0 Å². The molecule has 1 aromatic rings. The minimum absolute atomic E-state index is 0.127. The van der Waals surface area contributed by atoms with Crippen molar-refractivity contribution in [2.75, 3.05) is 32.1 Å². The molecule has 0 aliphatic carbocycles. The lowest BCUT2D eigenvalue weighted by molar-refractivity contribution is 0.191. The Labute approximate surface area is 100 Å². The fourth-order valence-electron chi connectivity index (χ4n) is 2.22. The number of hydrogen-bond donors (Lipinski definition) is 2. The van der Waals surface area contributed by atoms with Crippen LogP contribution in [-0.4, -0.2) is 59.4 Å². The van der Waals surface area contributed by atoms with Gasteiger partial charge in [0, 0.05) is 19.1 Å². The van der Waals surface area contributed by atoms with E-state index in [4.69, 9.17) is 9.52 Å². The number of aromatic nitrogens is 1. The van der Waals surface area contributed by atoms with Crippen molar-refractivity contribution >= 4 is 6.01 Å². The van der Waals surface area contributed by atoms with Crippen LogP contribution in [0.5, 0.6) is 0 Å². The summed E-state index contributed by atoms with van der Waals surface area (Å²) in [5.74, 6) is 0. The average Bonchev–Trinajstić information content (AvgIpc) is 2.83. The number of nitrogens with zero attached hydrogens (tertiary/aromatic N) is 3. The van der Waals surface area contributed by atoms with Crippen molar-refractivity contribution in [3.8, 4) is 0 Å². The third kappa shape index (κ3) is 2.77. The predicted octanol–water partition coefficient (Wildman–Crippen LogP) is -0.332. The summed E-state index contributed by atoms with van der Waals surface area (Å²) in [6.45, 7) is 1.25. The Hall–Kier alpha value is -1.11. The quantitative estimate of drug-likeness (QED) is 0.752. The molecule has 96 valence electrons. The van der Waals surface area contributed by atoms with E-state index in [-0.39, 0.29) is 18.8 Å². The largest absolute Gasteiger partial charge is 0.432 e. The van der Waals surface area contributed by atoms with E-state index in [9.17, 15) is 5.11 Å². The number of aliphatic hydroxyl groups excluding tert-OH is 2. The maximum atomic E-state index is 9.73. The molecule has 6 nitrogen and oxygen atoms in total. The first kappa shape index (κ1) is 12.3. The van der Waals surface area contributed by atoms with Crippen molar-refractivity contribution in [3.63, 3.8) is 0 Å². The lowest BCUT2D eigenvalue weighted by Crippen LogP contribution is -2.37. The minimum Gasteiger partial charge on any atom is -0.432 e. The molecule has 1 aliphatic rings. The highest BCUT2D eigenvalue weighted by atomic mass is 16.4. The van der Waals surface area contributed by atoms with Gasteiger partial charge in [0.05, 0.1) is 12.7 Å². The normalized spacial score (nSPS) is 24.9. The van der Waals surface area contributed by atoms with E-state index < -0.39 is 0 Å². The molecule has 0 radical (unpaired) electrons. The molecule has 1 aromatic heterocycles. The van der Waals surface area contributed by atoms with Crippen LogP contribution < -0.4 is 4.90 Å². The van der Waals surface area contributed by atoms with Crippen molar-refractivity contribution in [2.24, 2.45) is 0 Å². The zero-order valence-corrected chi connectivity index (χ0v) is 10.2. The summed E-state index contributed by atoms with van der Waals surface area (Å²) in [4.78, 5) is 8.22. The Morgan fingerprint density at radius 2 is 2.35 bits per heavy atom. The first-order valence-electron chi connectivity index (χ1n) is 5.75. The van der Waals surface area contributed by atoms with Gasteiger partial charge in [0.15, 0.2) is 0 Å². The SMILES string of the molecule is CN(C)CC1CC(O)CN1c1nc(CO)co1. The molecule has 6 heteroatoms. The van der Waals surface area contributed by atoms with Gasteiger partial charge in [-0.25, -0.2) is 0 Å². The first-order valence-corrected chi connectivity index (χ1v) is 5.75. The van der Waals surface area contributed by atoms with E-state index in [0.717, 1.165) is 13.0 Å². The van der Waals surface area contributed by atoms with Gasteiger partial charge in [-0.2, -0.15) is 4.98 Å².